The van der Waals surface area contributed by atoms with Crippen LogP contribution in [0.1, 0.15) is 43.4 Å². The summed E-state index contributed by atoms with van der Waals surface area (Å²) in [5.41, 5.74) is 2.29. The largest absolute Gasteiger partial charge is 0.465 e. The van der Waals surface area contributed by atoms with E-state index in [4.69, 9.17) is 9.15 Å². The molecule has 1 amide bonds. The first-order valence-corrected chi connectivity index (χ1v) is 8.01. The Bertz CT molecular complexity index is 819. The van der Waals surface area contributed by atoms with Crippen molar-refractivity contribution >= 4 is 17.8 Å². The number of carbonyl (C=O) groups excluding carboxylic acids is 3. The molecule has 0 bridgehead atoms. The Morgan fingerprint density at radius 2 is 1.65 bits per heavy atom. The van der Waals surface area contributed by atoms with E-state index >= 15 is 0 Å². The van der Waals surface area contributed by atoms with Gasteiger partial charge in [-0.1, -0.05) is 12.1 Å². The molecule has 1 aromatic carbocycles. The van der Waals surface area contributed by atoms with E-state index in [1.807, 2.05) is 0 Å². The van der Waals surface area contributed by atoms with Crippen molar-refractivity contribution in [2.24, 2.45) is 0 Å². The second kappa shape index (κ2) is 8.33. The van der Waals surface area contributed by atoms with Crippen molar-refractivity contribution in [3.8, 4) is 0 Å². The highest BCUT2D eigenvalue weighted by atomic mass is 16.5. The highest BCUT2D eigenvalue weighted by molar-refractivity contribution is 5.94. The molecule has 0 aliphatic carbocycles. The third-order valence-corrected chi connectivity index (χ3v) is 3.96. The number of hydrogen-bond acceptors (Lipinski definition) is 6. The molecule has 0 atom stereocenters. The number of benzene rings is 1. The maximum Gasteiger partial charge on any atom is 0.342 e. The molecule has 0 aliphatic rings. The number of nitrogens with one attached hydrogen (secondary N) is 1. The van der Waals surface area contributed by atoms with Gasteiger partial charge in [-0.05, 0) is 38.5 Å². The molecule has 0 fully saturated rings. The lowest BCUT2D eigenvalue weighted by atomic mass is 10.1. The van der Waals surface area contributed by atoms with E-state index in [-0.39, 0.29) is 13.2 Å². The van der Waals surface area contributed by atoms with Crippen LogP contribution in [-0.4, -0.2) is 31.6 Å². The first-order chi connectivity index (χ1) is 12.3. The number of aryl methyl sites for hydroxylation is 2. The minimum Gasteiger partial charge on any atom is -0.465 e. The molecular formula is C19H21NO6. The fourth-order valence-electron chi connectivity index (χ4n) is 2.43. The van der Waals surface area contributed by atoms with Crippen LogP contribution in [0.3, 0.4) is 0 Å². The Morgan fingerprint density at radius 1 is 1.00 bits per heavy atom. The monoisotopic (exact) mass is 359 g/mol. The summed E-state index contributed by atoms with van der Waals surface area (Å²) >= 11 is 0. The van der Waals surface area contributed by atoms with Gasteiger partial charge in [-0.3, -0.25) is 4.79 Å². The molecule has 26 heavy (non-hydrogen) atoms. The van der Waals surface area contributed by atoms with Crippen molar-refractivity contribution in [2.75, 3.05) is 13.7 Å². The molecule has 2 rings (SSSR count). The lowest BCUT2D eigenvalue weighted by molar-refractivity contribution is -0.124. The molecule has 2 aromatic rings. The van der Waals surface area contributed by atoms with Crippen LogP contribution in [-0.2, 0) is 20.8 Å². The van der Waals surface area contributed by atoms with E-state index in [1.165, 1.54) is 7.11 Å². The van der Waals surface area contributed by atoms with Gasteiger partial charge < -0.3 is 19.2 Å². The third kappa shape index (κ3) is 4.50. The molecule has 0 spiro atoms. The smallest absolute Gasteiger partial charge is 0.342 e. The zero-order valence-corrected chi connectivity index (χ0v) is 15.2. The fraction of sp³-hybridized carbons (Fsp3) is 0.316. The molecule has 7 heteroatoms. The van der Waals surface area contributed by atoms with Crippen molar-refractivity contribution in [1.29, 1.82) is 0 Å². The number of furan rings is 1. The molecule has 138 valence electrons. The van der Waals surface area contributed by atoms with Gasteiger partial charge >= 0.3 is 11.9 Å². The Balaban J connectivity index is 1.83. The number of hydrogen-bond donors (Lipinski definition) is 1. The van der Waals surface area contributed by atoms with Gasteiger partial charge in [-0.2, -0.15) is 0 Å². The van der Waals surface area contributed by atoms with Crippen molar-refractivity contribution in [1.82, 2.24) is 5.32 Å². The van der Waals surface area contributed by atoms with Gasteiger partial charge in [-0.15, -0.1) is 0 Å². The number of esters is 2. The molecule has 1 aromatic heterocycles. The van der Waals surface area contributed by atoms with Crippen molar-refractivity contribution in [3.63, 3.8) is 0 Å². The maximum atomic E-state index is 12.1. The van der Waals surface area contributed by atoms with Crippen molar-refractivity contribution in [3.05, 3.63) is 58.0 Å². The van der Waals surface area contributed by atoms with Crippen LogP contribution in [0.25, 0.3) is 0 Å². The predicted molar refractivity (Wildman–Crippen MR) is 92.8 cm³/mol. The minimum atomic E-state index is -0.588. The highest BCUT2D eigenvalue weighted by Crippen LogP contribution is 2.21. The van der Waals surface area contributed by atoms with Crippen LogP contribution >= 0.6 is 0 Å². The highest BCUT2D eigenvalue weighted by Gasteiger charge is 2.20. The molecule has 0 radical (unpaired) electrons. The second-order valence-corrected chi connectivity index (χ2v) is 5.76. The molecule has 0 unspecified atom stereocenters. The Hall–Kier alpha value is -3.09. The van der Waals surface area contributed by atoms with Gasteiger partial charge in [0, 0.05) is 12.1 Å². The van der Waals surface area contributed by atoms with Crippen LogP contribution in [0.5, 0.6) is 0 Å². The number of ether oxygens (including phenoxy) is 2. The van der Waals surface area contributed by atoms with E-state index < -0.39 is 17.8 Å². The van der Waals surface area contributed by atoms with Gasteiger partial charge in [0.2, 0.25) is 0 Å². The first kappa shape index (κ1) is 19.2. The number of rotatable bonds is 6. The Morgan fingerprint density at radius 3 is 2.19 bits per heavy atom. The van der Waals surface area contributed by atoms with Crippen LogP contribution < -0.4 is 5.32 Å². The summed E-state index contributed by atoms with van der Waals surface area (Å²) < 4.78 is 15.0. The van der Waals surface area contributed by atoms with E-state index in [0.717, 1.165) is 5.56 Å². The van der Waals surface area contributed by atoms with Gasteiger partial charge in [-0.25, -0.2) is 9.59 Å². The van der Waals surface area contributed by atoms with E-state index in [9.17, 15) is 14.4 Å². The van der Waals surface area contributed by atoms with Crippen LogP contribution in [0.2, 0.25) is 0 Å². The summed E-state index contributed by atoms with van der Waals surface area (Å²) in [6.07, 6.45) is 0. The van der Waals surface area contributed by atoms with Gasteiger partial charge in [0.25, 0.3) is 5.91 Å². The zero-order valence-electron chi connectivity index (χ0n) is 15.2. The maximum absolute atomic E-state index is 12.1. The Kier molecular flexibility index (Phi) is 6.16. The van der Waals surface area contributed by atoms with Crippen molar-refractivity contribution < 1.29 is 28.3 Å². The SMILES string of the molecule is COC(=O)c1ccc(CNC(=O)COC(=O)c2c(C)oc(C)c2C)cc1. The molecule has 0 aliphatic heterocycles. The second-order valence-electron chi connectivity index (χ2n) is 5.76. The molecule has 7 nitrogen and oxygen atoms in total. The average molecular weight is 359 g/mol. The van der Waals surface area contributed by atoms with Gasteiger partial charge in [0.05, 0.1) is 12.7 Å². The summed E-state index contributed by atoms with van der Waals surface area (Å²) in [5, 5.41) is 2.65. The number of amides is 1. The first-order valence-electron chi connectivity index (χ1n) is 8.01. The lowest BCUT2D eigenvalue weighted by Crippen LogP contribution is -2.28. The van der Waals surface area contributed by atoms with E-state index in [2.05, 4.69) is 10.1 Å². The minimum absolute atomic E-state index is 0.251. The summed E-state index contributed by atoms with van der Waals surface area (Å²) in [6, 6.07) is 6.64. The standard InChI is InChI=1S/C19H21NO6/c1-11-12(2)26-13(3)17(11)19(23)25-10-16(21)20-9-14-5-7-15(8-6-14)18(22)24-4/h5-8H,9-10H2,1-4H3,(H,20,21). The van der Waals surface area contributed by atoms with Gasteiger partial charge in [0.15, 0.2) is 6.61 Å². The summed E-state index contributed by atoms with van der Waals surface area (Å²) in [4.78, 5) is 35.3. The number of carbonyl (C=O) groups is 3. The lowest BCUT2D eigenvalue weighted by Gasteiger charge is -2.07. The topological polar surface area (TPSA) is 94.8 Å². The van der Waals surface area contributed by atoms with Crippen LogP contribution in [0.15, 0.2) is 28.7 Å². The Labute approximate surface area is 151 Å². The zero-order chi connectivity index (χ0) is 19.3. The quantitative estimate of drug-likeness (QED) is 0.796. The van der Waals surface area contributed by atoms with Crippen molar-refractivity contribution in [2.45, 2.75) is 27.3 Å². The number of methoxy groups -OCH3 is 1. The molecule has 1 N–H and O–H groups in total. The average Bonchev–Trinajstić information content (AvgIpc) is 2.89. The predicted octanol–water partition coefficient (Wildman–Crippen LogP) is 2.46. The summed E-state index contributed by atoms with van der Waals surface area (Å²) in [6.45, 7) is 5.06. The van der Waals surface area contributed by atoms with Crippen LogP contribution in [0.4, 0.5) is 0 Å². The normalized spacial score (nSPS) is 10.3. The van der Waals surface area contributed by atoms with E-state index in [1.54, 1.807) is 45.0 Å². The molecular weight excluding hydrogens is 338 g/mol. The third-order valence-electron chi connectivity index (χ3n) is 3.96. The fourth-order valence-corrected chi connectivity index (χ4v) is 2.43. The summed E-state index contributed by atoms with van der Waals surface area (Å²) in [7, 11) is 1.31. The van der Waals surface area contributed by atoms with Gasteiger partial charge in [0.1, 0.15) is 17.1 Å². The molecule has 0 saturated heterocycles. The molecule has 1 heterocycles. The van der Waals surface area contributed by atoms with Crippen LogP contribution in [0, 0.1) is 20.8 Å². The summed E-state index contributed by atoms with van der Waals surface area (Å²) in [5.74, 6) is -0.321. The molecule has 0 saturated carbocycles. The van der Waals surface area contributed by atoms with E-state index in [0.29, 0.717) is 28.2 Å².